The second-order valence-electron chi connectivity index (χ2n) is 3.66. The van der Waals surface area contributed by atoms with Crippen LogP contribution in [-0.2, 0) is 0 Å². The first-order valence-electron chi connectivity index (χ1n) is 5.47. The van der Waals surface area contributed by atoms with Crippen LogP contribution >= 0.6 is 0 Å². The highest BCUT2D eigenvalue weighted by Crippen LogP contribution is 2.18. The Labute approximate surface area is 99.6 Å². The van der Waals surface area contributed by atoms with E-state index in [1.54, 1.807) is 6.92 Å². The predicted octanol–water partition coefficient (Wildman–Crippen LogP) is 2.44. The van der Waals surface area contributed by atoms with E-state index in [1.807, 2.05) is 36.4 Å². The molecular formula is C13H14N2O2. The molecule has 2 aromatic rings. The molecule has 0 amide bonds. The third kappa shape index (κ3) is 3.01. The van der Waals surface area contributed by atoms with Gasteiger partial charge in [0.15, 0.2) is 0 Å². The Kier molecular flexibility index (Phi) is 3.67. The Morgan fingerprint density at radius 2 is 2.00 bits per heavy atom. The number of hydrogen-bond acceptors (Lipinski definition) is 4. The van der Waals surface area contributed by atoms with Gasteiger partial charge in [-0.3, -0.25) is 0 Å². The van der Waals surface area contributed by atoms with Gasteiger partial charge in [0, 0.05) is 19.1 Å². The molecule has 0 aliphatic heterocycles. The van der Waals surface area contributed by atoms with Gasteiger partial charge in [0.2, 0.25) is 11.8 Å². The SMILES string of the molecule is Cc1nnc(-c2ccc(/C=C/CCO)cc2)o1. The molecule has 1 heterocycles. The minimum atomic E-state index is 0.176. The summed E-state index contributed by atoms with van der Waals surface area (Å²) in [6, 6.07) is 7.82. The van der Waals surface area contributed by atoms with E-state index in [0.29, 0.717) is 18.2 Å². The lowest BCUT2D eigenvalue weighted by molar-refractivity contribution is 0.303. The van der Waals surface area contributed by atoms with Crippen LogP contribution in [0.25, 0.3) is 17.5 Å². The lowest BCUT2D eigenvalue weighted by atomic mass is 10.1. The first kappa shape index (κ1) is 11.5. The molecule has 0 saturated carbocycles. The summed E-state index contributed by atoms with van der Waals surface area (Å²) in [5, 5.41) is 16.4. The molecule has 0 spiro atoms. The van der Waals surface area contributed by atoms with Crippen LogP contribution in [0.5, 0.6) is 0 Å². The molecule has 0 atom stereocenters. The normalized spacial score (nSPS) is 11.2. The molecule has 0 aliphatic carbocycles. The van der Waals surface area contributed by atoms with Gasteiger partial charge in [0.1, 0.15) is 0 Å². The van der Waals surface area contributed by atoms with Crippen molar-refractivity contribution in [2.45, 2.75) is 13.3 Å². The summed E-state index contributed by atoms with van der Waals surface area (Å²) in [5.41, 5.74) is 1.99. The molecule has 4 nitrogen and oxygen atoms in total. The lowest BCUT2D eigenvalue weighted by Crippen LogP contribution is -1.79. The number of aliphatic hydroxyl groups excluding tert-OH is 1. The van der Waals surface area contributed by atoms with Crippen molar-refractivity contribution in [1.82, 2.24) is 10.2 Å². The van der Waals surface area contributed by atoms with E-state index >= 15 is 0 Å². The van der Waals surface area contributed by atoms with Gasteiger partial charge in [0.05, 0.1) is 0 Å². The molecule has 1 N–H and O–H groups in total. The summed E-state index contributed by atoms with van der Waals surface area (Å²) in [7, 11) is 0. The molecule has 17 heavy (non-hydrogen) atoms. The van der Waals surface area contributed by atoms with Gasteiger partial charge in [-0.05, 0) is 24.1 Å². The maximum atomic E-state index is 8.66. The molecule has 1 aromatic heterocycles. The van der Waals surface area contributed by atoms with E-state index in [0.717, 1.165) is 11.1 Å². The van der Waals surface area contributed by atoms with Crippen LogP contribution in [0.2, 0.25) is 0 Å². The number of hydrogen-bond donors (Lipinski definition) is 1. The molecule has 1 aromatic carbocycles. The zero-order valence-electron chi connectivity index (χ0n) is 9.63. The van der Waals surface area contributed by atoms with Crippen LogP contribution in [-0.4, -0.2) is 21.9 Å². The molecule has 2 rings (SSSR count). The van der Waals surface area contributed by atoms with E-state index in [2.05, 4.69) is 10.2 Å². The van der Waals surface area contributed by atoms with Gasteiger partial charge in [-0.15, -0.1) is 10.2 Å². The highest BCUT2D eigenvalue weighted by atomic mass is 16.4. The van der Waals surface area contributed by atoms with Crippen molar-refractivity contribution in [1.29, 1.82) is 0 Å². The zero-order valence-corrected chi connectivity index (χ0v) is 9.63. The average Bonchev–Trinajstić information content (AvgIpc) is 2.77. The smallest absolute Gasteiger partial charge is 0.247 e. The zero-order chi connectivity index (χ0) is 12.1. The van der Waals surface area contributed by atoms with Crippen LogP contribution in [0.1, 0.15) is 17.9 Å². The highest BCUT2D eigenvalue weighted by molar-refractivity contribution is 5.58. The Bertz CT molecular complexity index is 500. The summed E-state index contributed by atoms with van der Waals surface area (Å²) in [5.74, 6) is 1.10. The van der Waals surface area contributed by atoms with Gasteiger partial charge in [-0.1, -0.05) is 24.3 Å². The monoisotopic (exact) mass is 230 g/mol. The largest absolute Gasteiger partial charge is 0.421 e. The van der Waals surface area contributed by atoms with E-state index in [4.69, 9.17) is 9.52 Å². The first-order chi connectivity index (χ1) is 8.29. The molecule has 0 bridgehead atoms. The number of benzene rings is 1. The van der Waals surface area contributed by atoms with Crippen LogP contribution < -0.4 is 0 Å². The fourth-order valence-electron chi connectivity index (χ4n) is 1.44. The molecule has 0 aliphatic rings. The van der Waals surface area contributed by atoms with Crippen molar-refractivity contribution in [3.63, 3.8) is 0 Å². The van der Waals surface area contributed by atoms with E-state index < -0.39 is 0 Å². The fourth-order valence-corrected chi connectivity index (χ4v) is 1.44. The summed E-state index contributed by atoms with van der Waals surface area (Å²) in [4.78, 5) is 0. The van der Waals surface area contributed by atoms with Crippen molar-refractivity contribution < 1.29 is 9.52 Å². The summed E-state index contributed by atoms with van der Waals surface area (Å²) in [6.45, 7) is 1.94. The molecule has 0 saturated heterocycles. The minimum absolute atomic E-state index is 0.176. The van der Waals surface area contributed by atoms with Gasteiger partial charge >= 0.3 is 0 Å². The van der Waals surface area contributed by atoms with Gasteiger partial charge < -0.3 is 9.52 Å². The second kappa shape index (κ2) is 5.41. The Morgan fingerprint density at radius 3 is 2.59 bits per heavy atom. The number of nitrogens with zero attached hydrogens (tertiary/aromatic N) is 2. The average molecular weight is 230 g/mol. The quantitative estimate of drug-likeness (QED) is 0.876. The maximum absolute atomic E-state index is 8.66. The van der Waals surface area contributed by atoms with Crippen LogP contribution in [0, 0.1) is 6.92 Å². The number of aryl methyl sites for hydroxylation is 1. The summed E-state index contributed by atoms with van der Waals surface area (Å²) in [6.07, 6.45) is 4.58. The first-order valence-corrected chi connectivity index (χ1v) is 5.47. The Morgan fingerprint density at radius 1 is 1.24 bits per heavy atom. The van der Waals surface area contributed by atoms with Crippen LogP contribution in [0.15, 0.2) is 34.8 Å². The topological polar surface area (TPSA) is 59.2 Å². The second-order valence-corrected chi connectivity index (χ2v) is 3.66. The van der Waals surface area contributed by atoms with Gasteiger partial charge in [-0.2, -0.15) is 0 Å². The Balaban J connectivity index is 2.13. The Hall–Kier alpha value is -1.94. The molecule has 0 unspecified atom stereocenters. The van der Waals surface area contributed by atoms with E-state index in [9.17, 15) is 0 Å². The van der Waals surface area contributed by atoms with E-state index in [-0.39, 0.29) is 6.61 Å². The van der Waals surface area contributed by atoms with Gasteiger partial charge in [0.25, 0.3) is 0 Å². The number of aliphatic hydroxyl groups is 1. The third-order valence-corrected chi connectivity index (χ3v) is 2.29. The van der Waals surface area contributed by atoms with Crippen molar-refractivity contribution in [2.75, 3.05) is 6.61 Å². The highest BCUT2D eigenvalue weighted by Gasteiger charge is 2.04. The number of rotatable bonds is 4. The molecule has 0 radical (unpaired) electrons. The van der Waals surface area contributed by atoms with Crippen LogP contribution in [0.4, 0.5) is 0 Å². The molecule has 4 heteroatoms. The predicted molar refractivity (Wildman–Crippen MR) is 65.2 cm³/mol. The van der Waals surface area contributed by atoms with Crippen LogP contribution in [0.3, 0.4) is 0 Å². The van der Waals surface area contributed by atoms with Crippen molar-refractivity contribution in [3.8, 4) is 11.5 Å². The lowest BCUT2D eigenvalue weighted by Gasteiger charge is -1.96. The summed E-state index contributed by atoms with van der Waals surface area (Å²) < 4.78 is 5.33. The minimum Gasteiger partial charge on any atom is -0.421 e. The standard InChI is InChI=1S/C13H14N2O2/c1-10-14-15-13(17-10)12-7-5-11(6-8-12)4-2-3-9-16/h2,4-8,16H,3,9H2,1H3/b4-2+. The van der Waals surface area contributed by atoms with Crippen molar-refractivity contribution in [2.24, 2.45) is 0 Å². The fraction of sp³-hybridized carbons (Fsp3) is 0.231. The molecule has 88 valence electrons. The molecular weight excluding hydrogens is 216 g/mol. The molecule has 0 fully saturated rings. The number of aromatic nitrogens is 2. The van der Waals surface area contributed by atoms with Crippen molar-refractivity contribution in [3.05, 3.63) is 41.8 Å². The van der Waals surface area contributed by atoms with E-state index in [1.165, 1.54) is 0 Å². The maximum Gasteiger partial charge on any atom is 0.247 e. The van der Waals surface area contributed by atoms with Gasteiger partial charge in [-0.25, -0.2) is 0 Å². The third-order valence-electron chi connectivity index (χ3n) is 2.29. The van der Waals surface area contributed by atoms with Crippen molar-refractivity contribution >= 4 is 6.08 Å². The summed E-state index contributed by atoms with van der Waals surface area (Å²) >= 11 is 0.